The number of ether oxygens (including phenoxy) is 1. The number of rotatable bonds is 21. The minimum absolute atomic E-state index is 0.0359. The molecule has 1 N–H and O–H groups in total. The summed E-state index contributed by atoms with van der Waals surface area (Å²) in [4.78, 5) is 13.3. The van der Waals surface area contributed by atoms with E-state index in [0.29, 0.717) is 30.1 Å². The second-order valence-corrected chi connectivity index (χ2v) is 18.1. The van der Waals surface area contributed by atoms with E-state index in [1.807, 2.05) is 0 Å². The highest BCUT2D eigenvalue weighted by atomic mass is 16.5. The summed E-state index contributed by atoms with van der Waals surface area (Å²) < 4.78 is 6.41. The number of hydrogen-bond acceptors (Lipinski definition) is 3. The molecule has 4 rings (SSSR count). The van der Waals surface area contributed by atoms with Crippen molar-refractivity contribution in [2.24, 2.45) is 46.3 Å². The molecule has 4 aliphatic carbocycles. The van der Waals surface area contributed by atoms with Crippen molar-refractivity contribution in [3.05, 3.63) is 23.8 Å². The summed E-state index contributed by atoms with van der Waals surface area (Å²) in [5, 5.41) is 10.9. The Morgan fingerprint density at radius 3 is 2.23 bits per heavy atom. The van der Waals surface area contributed by atoms with Gasteiger partial charge in [-0.2, -0.15) is 0 Å². The molecule has 1 unspecified atom stereocenters. The van der Waals surface area contributed by atoms with Crippen LogP contribution in [0.1, 0.15) is 196 Å². The zero-order valence-electron chi connectivity index (χ0n) is 32.6. The predicted molar refractivity (Wildman–Crippen MR) is 204 cm³/mol. The second-order valence-electron chi connectivity index (χ2n) is 18.1. The second kappa shape index (κ2) is 19.5. The van der Waals surface area contributed by atoms with E-state index in [9.17, 15) is 9.90 Å². The summed E-state index contributed by atoms with van der Waals surface area (Å²) in [7, 11) is 0. The van der Waals surface area contributed by atoms with Gasteiger partial charge in [-0.15, -0.1) is 0 Å². The van der Waals surface area contributed by atoms with Gasteiger partial charge in [-0.25, -0.2) is 0 Å². The van der Waals surface area contributed by atoms with Gasteiger partial charge in [0.05, 0.1) is 6.10 Å². The molecule has 0 heterocycles. The maximum absolute atomic E-state index is 13.3. The fraction of sp³-hybridized carbons (Fsp3) is 0.889. The van der Waals surface area contributed by atoms with Crippen LogP contribution in [-0.2, 0) is 9.53 Å². The quantitative estimate of drug-likeness (QED) is 0.0753. The van der Waals surface area contributed by atoms with Crippen LogP contribution in [0.2, 0.25) is 0 Å². The lowest BCUT2D eigenvalue weighted by molar-refractivity contribution is -0.169. The average Bonchev–Trinajstić information content (AvgIpc) is 3.40. The Labute approximate surface area is 297 Å². The molecule has 0 aromatic heterocycles. The number of hydrogen-bond donors (Lipinski definition) is 1. The molecule has 276 valence electrons. The summed E-state index contributed by atoms with van der Waals surface area (Å²) >= 11 is 0. The molecule has 0 spiro atoms. The van der Waals surface area contributed by atoms with Crippen molar-refractivity contribution in [2.45, 2.75) is 208 Å². The van der Waals surface area contributed by atoms with Crippen molar-refractivity contribution in [1.82, 2.24) is 0 Å². The lowest BCUT2D eigenvalue weighted by Gasteiger charge is -2.60. The standard InChI is InChI=1S/C45H78O3/c1-7-8-9-10-11-12-13-14-15-16-17-18-19-20-21-25-43(47)48-42-33-37(46)32-36-26-27-38-40-29-28-39(35(4)24-22-23-34(2)3)44(40,5)31-30-41(38)45(36,42)6/h14-15,26,34-35,37-42,46H,7-13,16-25,27-33H2,1-6H3/b15-14-/t35-,37+,38+,39-,40+,41+,42?,44-,45+/m1/s1. The maximum atomic E-state index is 13.3. The molecule has 3 fully saturated rings. The van der Waals surface area contributed by atoms with Crippen LogP contribution in [0.5, 0.6) is 0 Å². The number of aliphatic hydroxyl groups excluding tert-OH is 1. The monoisotopic (exact) mass is 667 g/mol. The Hall–Kier alpha value is -1.09. The highest BCUT2D eigenvalue weighted by Gasteiger charge is 2.61. The number of unbranched alkanes of at least 4 members (excludes halogenated alkanes) is 11. The van der Waals surface area contributed by atoms with Gasteiger partial charge >= 0.3 is 5.97 Å². The number of carbonyl (C=O) groups excluding carboxylic acids is 1. The van der Waals surface area contributed by atoms with Gasteiger partial charge in [-0.05, 0) is 112 Å². The van der Waals surface area contributed by atoms with E-state index < -0.39 is 6.10 Å². The fourth-order valence-corrected chi connectivity index (χ4v) is 11.4. The van der Waals surface area contributed by atoms with Gasteiger partial charge in [0.1, 0.15) is 6.10 Å². The van der Waals surface area contributed by atoms with Crippen molar-refractivity contribution >= 4 is 5.97 Å². The predicted octanol–water partition coefficient (Wildman–Crippen LogP) is 12.9. The van der Waals surface area contributed by atoms with E-state index in [4.69, 9.17) is 4.74 Å². The number of esters is 1. The van der Waals surface area contributed by atoms with Crippen LogP contribution in [0.25, 0.3) is 0 Å². The summed E-state index contributed by atoms with van der Waals surface area (Å²) in [5.41, 5.74) is 1.72. The lowest BCUT2D eigenvalue weighted by atomic mass is 9.46. The molecule has 0 bridgehead atoms. The van der Waals surface area contributed by atoms with Gasteiger partial charge in [0.2, 0.25) is 0 Å². The highest BCUT2D eigenvalue weighted by Crippen LogP contribution is 2.67. The molecule has 48 heavy (non-hydrogen) atoms. The Kier molecular flexibility index (Phi) is 16.1. The third kappa shape index (κ3) is 10.3. The van der Waals surface area contributed by atoms with Crippen molar-refractivity contribution in [1.29, 1.82) is 0 Å². The third-order valence-electron chi connectivity index (χ3n) is 14.3. The van der Waals surface area contributed by atoms with Crippen LogP contribution < -0.4 is 0 Å². The lowest BCUT2D eigenvalue weighted by Crippen LogP contribution is -2.56. The minimum atomic E-state index is -0.394. The van der Waals surface area contributed by atoms with Crippen molar-refractivity contribution in [3.8, 4) is 0 Å². The highest BCUT2D eigenvalue weighted by molar-refractivity contribution is 5.69. The molecule has 3 nitrogen and oxygen atoms in total. The van der Waals surface area contributed by atoms with Crippen molar-refractivity contribution in [3.63, 3.8) is 0 Å². The molecule has 4 aliphatic rings. The molecule has 0 saturated heterocycles. The summed E-state index contributed by atoms with van der Waals surface area (Å²) in [6.07, 6.45) is 35.6. The Bertz CT molecular complexity index is 1010. The minimum Gasteiger partial charge on any atom is -0.461 e. The number of allylic oxidation sites excluding steroid dienone is 3. The first-order chi connectivity index (χ1) is 23.1. The first kappa shape index (κ1) is 39.7. The van der Waals surface area contributed by atoms with Crippen LogP contribution in [0.3, 0.4) is 0 Å². The molecule has 9 atom stereocenters. The molecular formula is C45H78O3. The van der Waals surface area contributed by atoms with E-state index in [1.54, 1.807) is 0 Å². The van der Waals surface area contributed by atoms with E-state index in [2.05, 4.69) is 59.8 Å². The molecule has 0 aromatic rings. The third-order valence-corrected chi connectivity index (χ3v) is 14.3. The van der Waals surface area contributed by atoms with E-state index in [0.717, 1.165) is 49.4 Å². The SMILES string of the molecule is CCCCCCCC/C=C\CCCCCCCC(=O)OC1C[C@@H](O)CC2=CC[C@H]3[C@@H]4CC[C@H]([C@H](C)CCCC(C)C)[C@@]4(C)CC[C@@H]3[C@]21C. The molecule has 3 heteroatoms. The van der Waals surface area contributed by atoms with Crippen LogP contribution >= 0.6 is 0 Å². The van der Waals surface area contributed by atoms with Gasteiger partial charge < -0.3 is 9.84 Å². The molecule has 0 amide bonds. The van der Waals surface area contributed by atoms with Crippen molar-refractivity contribution < 1.29 is 14.6 Å². The Balaban J connectivity index is 1.21. The summed E-state index contributed by atoms with van der Waals surface area (Å²) in [6, 6.07) is 0. The molecule has 0 radical (unpaired) electrons. The van der Waals surface area contributed by atoms with Crippen LogP contribution in [0, 0.1) is 46.3 Å². The number of carbonyl (C=O) groups is 1. The first-order valence-corrected chi connectivity index (χ1v) is 21.3. The van der Waals surface area contributed by atoms with Gasteiger partial charge in [0.25, 0.3) is 0 Å². The smallest absolute Gasteiger partial charge is 0.306 e. The van der Waals surface area contributed by atoms with Gasteiger partial charge in [0, 0.05) is 18.3 Å². The fourth-order valence-electron chi connectivity index (χ4n) is 11.4. The number of aliphatic hydroxyl groups is 1. The first-order valence-electron chi connectivity index (χ1n) is 21.3. The zero-order chi connectivity index (χ0) is 34.6. The van der Waals surface area contributed by atoms with Crippen LogP contribution in [0.4, 0.5) is 0 Å². The van der Waals surface area contributed by atoms with E-state index >= 15 is 0 Å². The van der Waals surface area contributed by atoms with Gasteiger partial charge in [-0.1, -0.05) is 136 Å². The van der Waals surface area contributed by atoms with Crippen LogP contribution in [-0.4, -0.2) is 23.3 Å². The average molecular weight is 667 g/mol. The van der Waals surface area contributed by atoms with Crippen LogP contribution in [0.15, 0.2) is 23.8 Å². The van der Waals surface area contributed by atoms with E-state index in [-0.39, 0.29) is 17.5 Å². The maximum Gasteiger partial charge on any atom is 0.306 e. The van der Waals surface area contributed by atoms with Gasteiger partial charge in [0.15, 0.2) is 0 Å². The summed E-state index contributed by atoms with van der Waals surface area (Å²) in [5.74, 6) is 4.47. The van der Waals surface area contributed by atoms with Crippen molar-refractivity contribution in [2.75, 3.05) is 0 Å². The van der Waals surface area contributed by atoms with E-state index in [1.165, 1.54) is 121 Å². The molecular weight excluding hydrogens is 588 g/mol. The summed E-state index contributed by atoms with van der Waals surface area (Å²) in [6.45, 7) is 14.6. The topological polar surface area (TPSA) is 46.5 Å². The molecule has 3 saturated carbocycles. The Morgan fingerprint density at radius 2 is 1.54 bits per heavy atom. The largest absolute Gasteiger partial charge is 0.461 e. The Morgan fingerprint density at radius 1 is 0.875 bits per heavy atom. The molecule has 0 aromatic carbocycles. The number of fused-ring (bicyclic) bond motifs is 5. The zero-order valence-corrected chi connectivity index (χ0v) is 32.6. The van der Waals surface area contributed by atoms with Gasteiger partial charge in [-0.3, -0.25) is 4.79 Å². The molecule has 0 aliphatic heterocycles. The normalized spacial score (nSPS) is 33.7.